The first-order valence-electron chi connectivity index (χ1n) is 6.35. The number of carbonyl (C=O) groups excluding carboxylic acids is 1. The fourth-order valence-electron chi connectivity index (χ4n) is 1.80. The van der Waals surface area contributed by atoms with E-state index < -0.39 is 6.09 Å². The highest BCUT2D eigenvalue weighted by Crippen LogP contribution is 2.14. The van der Waals surface area contributed by atoms with E-state index in [1.807, 2.05) is 49.4 Å². The van der Waals surface area contributed by atoms with E-state index in [4.69, 9.17) is 16.3 Å². The molecule has 0 aromatic heterocycles. The van der Waals surface area contributed by atoms with Crippen molar-refractivity contribution in [3.63, 3.8) is 0 Å². The van der Waals surface area contributed by atoms with Gasteiger partial charge in [-0.05, 0) is 35.7 Å². The van der Waals surface area contributed by atoms with Gasteiger partial charge in [-0.3, -0.25) is 0 Å². The number of alkyl carbamates (subject to hydrolysis) is 1. The van der Waals surface area contributed by atoms with Crippen LogP contribution < -0.4 is 5.32 Å². The summed E-state index contributed by atoms with van der Waals surface area (Å²) in [6, 6.07) is 15.1. The fourth-order valence-corrected chi connectivity index (χ4v) is 2.03. The van der Waals surface area contributed by atoms with Crippen LogP contribution in [-0.2, 0) is 17.9 Å². The van der Waals surface area contributed by atoms with Gasteiger partial charge >= 0.3 is 6.09 Å². The van der Waals surface area contributed by atoms with Crippen molar-refractivity contribution in [2.24, 2.45) is 0 Å². The summed E-state index contributed by atoms with van der Waals surface area (Å²) in [4.78, 5) is 11.6. The number of hydrogen-bond acceptors (Lipinski definition) is 2. The lowest BCUT2D eigenvalue weighted by atomic mass is 10.1. The molecular weight excluding hydrogens is 274 g/mol. The van der Waals surface area contributed by atoms with Gasteiger partial charge in [-0.15, -0.1) is 0 Å². The third-order valence-electron chi connectivity index (χ3n) is 2.94. The van der Waals surface area contributed by atoms with Gasteiger partial charge in [0.15, 0.2) is 0 Å². The normalized spacial score (nSPS) is 10.1. The summed E-state index contributed by atoms with van der Waals surface area (Å²) in [5, 5.41) is 3.42. The Morgan fingerprint density at radius 3 is 2.65 bits per heavy atom. The largest absolute Gasteiger partial charge is 0.445 e. The van der Waals surface area contributed by atoms with Gasteiger partial charge in [0, 0.05) is 11.6 Å². The van der Waals surface area contributed by atoms with Crippen LogP contribution in [-0.4, -0.2) is 6.09 Å². The summed E-state index contributed by atoms with van der Waals surface area (Å²) < 4.78 is 5.14. The van der Waals surface area contributed by atoms with Crippen LogP contribution in [0.5, 0.6) is 0 Å². The Balaban J connectivity index is 1.80. The molecule has 20 heavy (non-hydrogen) atoms. The maximum atomic E-state index is 11.6. The van der Waals surface area contributed by atoms with Gasteiger partial charge in [-0.2, -0.15) is 0 Å². The number of halogens is 1. The zero-order chi connectivity index (χ0) is 14.4. The molecule has 0 heterocycles. The second kappa shape index (κ2) is 6.96. The molecule has 0 aliphatic heterocycles. The Morgan fingerprint density at radius 2 is 1.95 bits per heavy atom. The van der Waals surface area contributed by atoms with Crippen LogP contribution in [0.3, 0.4) is 0 Å². The predicted octanol–water partition coefficient (Wildman–Crippen LogP) is 4.07. The van der Waals surface area contributed by atoms with Gasteiger partial charge < -0.3 is 10.1 Å². The van der Waals surface area contributed by atoms with E-state index in [0.717, 1.165) is 16.7 Å². The highest BCUT2D eigenvalue weighted by Gasteiger charge is 2.04. The van der Waals surface area contributed by atoms with Crippen LogP contribution in [0.15, 0.2) is 48.5 Å². The molecule has 0 bridgehead atoms. The van der Waals surface area contributed by atoms with E-state index in [1.165, 1.54) is 0 Å². The number of ether oxygens (including phenoxy) is 1. The van der Waals surface area contributed by atoms with Gasteiger partial charge in [0.25, 0.3) is 0 Å². The van der Waals surface area contributed by atoms with Crippen molar-refractivity contribution in [1.82, 2.24) is 5.32 Å². The fraction of sp³-hybridized carbons (Fsp3) is 0.188. The number of benzene rings is 2. The molecular formula is C16H16ClNO2. The number of carbonyl (C=O) groups is 1. The Morgan fingerprint density at radius 1 is 1.20 bits per heavy atom. The van der Waals surface area contributed by atoms with Crippen molar-refractivity contribution in [3.8, 4) is 0 Å². The molecule has 1 amide bonds. The Kier molecular flexibility index (Phi) is 5.02. The van der Waals surface area contributed by atoms with Gasteiger partial charge in [0.2, 0.25) is 0 Å². The maximum Gasteiger partial charge on any atom is 0.407 e. The smallest absolute Gasteiger partial charge is 0.407 e. The zero-order valence-corrected chi connectivity index (χ0v) is 12.0. The molecule has 0 aliphatic rings. The molecule has 2 aromatic rings. The maximum absolute atomic E-state index is 11.6. The van der Waals surface area contributed by atoms with Crippen LogP contribution in [0.2, 0.25) is 5.02 Å². The molecule has 0 radical (unpaired) electrons. The molecule has 2 rings (SSSR count). The lowest BCUT2D eigenvalue weighted by Crippen LogP contribution is -2.24. The van der Waals surface area contributed by atoms with E-state index in [9.17, 15) is 4.79 Å². The zero-order valence-electron chi connectivity index (χ0n) is 11.2. The first kappa shape index (κ1) is 14.4. The van der Waals surface area contributed by atoms with E-state index >= 15 is 0 Å². The van der Waals surface area contributed by atoms with Gasteiger partial charge in [0.1, 0.15) is 6.61 Å². The third-order valence-corrected chi connectivity index (χ3v) is 3.18. The number of rotatable bonds is 4. The summed E-state index contributed by atoms with van der Waals surface area (Å²) >= 11 is 5.89. The lowest BCUT2D eigenvalue weighted by Gasteiger charge is -2.09. The number of aryl methyl sites for hydroxylation is 1. The van der Waals surface area contributed by atoms with E-state index in [2.05, 4.69) is 5.32 Å². The highest BCUT2D eigenvalue weighted by molar-refractivity contribution is 6.30. The van der Waals surface area contributed by atoms with E-state index in [0.29, 0.717) is 11.6 Å². The Hall–Kier alpha value is -2.00. The Labute approximate surface area is 123 Å². The van der Waals surface area contributed by atoms with Gasteiger partial charge in [0.05, 0.1) is 0 Å². The molecule has 4 heteroatoms. The standard InChI is InChI=1S/C16H16ClNO2/c1-12-9-15(17)8-7-14(12)10-18-16(19)20-11-13-5-3-2-4-6-13/h2-9H,10-11H2,1H3,(H,18,19). The molecule has 104 valence electrons. The SMILES string of the molecule is Cc1cc(Cl)ccc1CNC(=O)OCc1ccccc1. The second-order valence-corrected chi connectivity index (χ2v) is 4.92. The molecule has 0 unspecified atom stereocenters. The average Bonchev–Trinajstić information content (AvgIpc) is 2.45. The summed E-state index contributed by atoms with van der Waals surface area (Å²) in [7, 11) is 0. The molecule has 0 saturated carbocycles. The minimum absolute atomic E-state index is 0.270. The van der Waals surface area contributed by atoms with Crippen LogP contribution in [0.25, 0.3) is 0 Å². The molecule has 3 nitrogen and oxygen atoms in total. The predicted molar refractivity (Wildman–Crippen MR) is 79.7 cm³/mol. The van der Waals surface area contributed by atoms with E-state index in [-0.39, 0.29) is 6.61 Å². The first-order chi connectivity index (χ1) is 9.65. The molecule has 1 N–H and O–H groups in total. The summed E-state index contributed by atoms with van der Waals surface area (Å²) in [5.74, 6) is 0. The first-order valence-corrected chi connectivity index (χ1v) is 6.72. The topological polar surface area (TPSA) is 38.3 Å². The summed E-state index contributed by atoms with van der Waals surface area (Å²) in [6.07, 6.45) is -0.428. The van der Waals surface area contributed by atoms with Crippen LogP contribution in [0.1, 0.15) is 16.7 Å². The van der Waals surface area contributed by atoms with Crippen molar-refractivity contribution < 1.29 is 9.53 Å². The van der Waals surface area contributed by atoms with Crippen LogP contribution in [0, 0.1) is 6.92 Å². The minimum Gasteiger partial charge on any atom is -0.445 e. The van der Waals surface area contributed by atoms with Crippen molar-refractivity contribution in [2.75, 3.05) is 0 Å². The molecule has 0 spiro atoms. The molecule has 2 aromatic carbocycles. The molecule has 0 atom stereocenters. The van der Waals surface area contributed by atoms with Gasteiger partial charge in [-0.1, -0.05) is 48.0 Å². The molecule has 0 aliphatic carbocycles. The van der Waals surface area contributed by atoms with Crippen molar-refractivity contribution in [2.45, 2.75) is 20.1 Å². The monoisotopic (exact) mass is 289 g/mol. The van der Waals surface area contributed by atoms with Gasteiger partial charge in [-0.25, -0.2) is 4.79 Å². The highest BCUT2D eigenvalue weighted by atomic mass is 35.5. The van der Waals surface area contributed by atoms with E-state index in [1.54, 1.807) is 6.07 Å². The number of nitrogens with one attached hydrogen (secondary N) is 1. The van der Waals surface area contributed by atoms with Crippen molar-refractivity contribution in [1.29, 1.82) is 0 Å². The third kappa shape index (κ3) is 4.28. The Bertz CT molecular complexity index is 584. The van der Waals surface area contributed by atoms with Crippen LogP contribution in [0.4, 0.5) is 4.79 Å². The van der Waals surface area contributed by atoms with Crippen molar-refractivity contribution in [3.05, 3.63) is 70.2 Å². The minimum atomic E-state index is -0.428. The summed E-state index contributed by atoms with van der Waals surface area (Å²) in [6.45, 7) is 2.65. The quantitative estimate of drug-likeness (QED) is 0.921. The molecule has 0 fully saturated rings. The number of amides is 1. The van der Waals surface area contributed by atoms with Crippen molar-refractivity contribution >= 4 is 17.7 Å². The second-order valence-electron chi connectivity index (χ2n) is 4.49. The summed E-state index contributed by atoms with van der Waals surface area (Å²) in [5.41, 5.74) is 3.03. The van der Waals surface area contributed by atoms with Crippen LogP contribution >= 0.6 is 11.6 Å². The lowest BCUT2D eigenvalue weighted by molar-refractivity contribution is 0.139. The average molecular weight is 290 g/mol. The molecule has 0 saturated heterocycles. The number of hydrogen-bond donors (Lipinski definition) is 1.